The van der Waals surface area contributed by atoms with Gasteiger partial charge in [0.25, 0.3) is 11.8 Å². The summed E-state index contributed by atoms with van der Waals surface area (Å²) in [5.41, 5.74) is 2.33. The van der Waals surface area contributed by atoms with Gasteiger partial charge in [0.15, 0.2) is 0 Å². The molecule has 2 aromatic carbocycles. The summed E-state index contributed by atoms with van der Waals surface area (Å²) in [6.07, 6.45) is 2.16. The summed E-state index contributed by atoms with van der Waals surface area (Å²) in [6, 6.07) is 15.9. The van der Waals surface area contributed by atoms with E-state index in [-0.39, 0.29) is 23.6 Å². The molecule has 3 rings (SSSR count). The van der Waals surface area contributed by atoms with Crippen LogP contribution in [-0.4, -0.2) is 48.3 Å². The molecule has 6 nitrogen and oxygen atoms in total. The van der Waals surface area contributed by atoms with Gasteiger partial charge in [-0.2, -0.15) is 0 Å². The number of piperidine rings is 1. The number of carbonyl (C=O) groups is 3. The van der Waals surface area contributed by atoms with Crippen LogP contribution in [0.1, 0.15) is 52.5 Å². The van der Waals surface area contributed by atoms with Gasteiger partial charge in [-0.15, -0.1) is 0 Å². The van der Waals surface area contributed by atoms with E-state index in [2.05, 4.69) is 10.6 Å². The molecule has 1 atom stereocenters. The van der Waals surface area contributed by atoms with Crippen LogP contribution in [0.5, 0.6) is 0 Å². The molecule has 0 aliphatic carbocycles. The molecule has 6 heteroatoms. The number of aryl methyl sites for hydroxylation is 1. The average molecular weight is 422 g/mol. The Balaban J connectivity index is 1.66. The van der Waals surface area contributed by atoms with E-state index in [1.807, 2.05) is 49.1 Å². The van der Waals surface area contributed by atoms with Gasteiger partial charge in [-0.3, -0.25) is 14.4 Å². The topological polar surface area (TPSA) is 78.5 Å². The lowest BCUT2D eigenvalue weighted by molar-refractivity contribution is -0.124. The molecule has 0 radical (unpaired) electrons. The molecule has 1 heterocycles. The Morgan fingerprint density at radius 1 is 0.968 bits per heavy atom. The standard InChI is InChI=1S/C25H31N3O3/c1-3-15-26-24(30)22(27-23(29)20-7-5-4-6-8-20)19-13-16-28(17-14-19)25(31)21-11-9-18(2)10-12-21/h4-12,19,22H,3,13-17H2,1-2H3,(H,26,30)(H,27,29)/t22-/m1/s1. The smallest absolute Gasteiger partial charge is 0.253 e. The van der Waals surface area contributed by atoms with E-state index in [0.717, 1.165) is 12.0 Å². The van der Waals surface area contributed by atoms with Crippen molar-refractivity contribution < 1.29 is 14.4 Å². The highest BCUT2D eigenvalue weighted by atomic mass is 16.2. The molecule has 1 fully saturated rings. The molecule has 1 saturated heterocycles. The number of likely N-dealkylation sites (tertiary alicyclic amines) is 1. The molecule has 0 spiro atoms. The first-order valence-corrected chi connectivity index (χ1v) is 11.0. The Morgan fingerprint density at radius 2 is 1.61 bits per heavy atom. The Morgan fingerprint density at radius 3 is 2.23 bits per heavy atom. The lowest BCUT2D eigenvalue weighted by Gasteiger charge is -2.36. The van der Waals surface area contributed by atoms with Gasteiger partial charge in [0.1, 0.15) is 6.04 Å². The molecular formula is C25H31N3O3. The largest absolute Gasteiger partial charge is 0.354 e. The van der Waals surface area contributed by atoms with Gasteiger partial charge >= 0.3 is 0 Å². The van der Waals surface area contributed by atoms with Gasteiger partial charge in [-0.25, -0.2) is 0 Å². The van der Waals surface area contributed by atoms with Gasteiger partial charge in [0.2, 0.25) is 5.91 Å². The molecule has 0 saturated carbocycles. The van der Waals surface area contributed by atoms with Crippen molar-refractivity contribution in [2.24, 2.45) is 5.92 Å². The molecular weight excluding hydrogens is 390 g/mol. The third-order valence-corrected chi connectivity index (χ3v) is 5.75. The van der Waals surface area contributed by atoms with Crippen molar-refractivity contribution in [3.63, 3.8) is 0 Å². The molecule has 164 valence electrons. The molecule has 2 aromatic rings. The molecule has 1 aliphatic heterocycles. The second kappa shape index (κ2) is 10.8. The van der Waals surface area contributed by atoms with Crippen molar-refractivity contribution in [1.82, 2.24) is 15.5 Å². The first-order valence-electron chi connectivity index (χ1n) is 11.0. The molecule has 31 heavy (non-hydrogen) atoms. The van der Waals surface area contributed by atoms with E-state index in [0.29, 0.717) is 43.6 Å². The molecule has 0 unspecified atom stereocenters. The number of nitrogens with one attached hydrogen (secondary N) is 2. The lowest BCUT2D eigenvalue weighted by Crippen LogP contribution is -2.54. The van der Waals surface area contributed by atoms with Crippen LogP contribution in [0.4, 0.5) is 0 Å². The maximum Gasteiger partial charge on any atom is 0.253 e. The third-order valence-electron chi connectivity index (χ3n) is 5.75. The van der Waals surface area contributed by atoms with Crippen molar-refractivity contribution >= 4 is 17.7 Å². The van der Waals surface area contributed by atoms with Gasteiger partial charge in [0.05, 0.1) is 0 Å². The van der Waals surface area contributed by atoms with Crippen LogP contribution in [0.2, 0.25) is 0 Å². The number of benzene rings is 2. The summed E-state index contributed by atoms with van der Waals surface area (Å²) in [5.74, 6) is -0.421. The van der Waals surface area contributed by atoms with Crippen LogP contribution in [0.3, 0.4) is 0 Å². The van der Waals surface area contributed by atoms with Gasteiger partial charge in [-0.05, 0) is 56.4 Å². The van der Waals surface area contributed by atoms with Crippen molar-refractivity contribution in [2.45, 2.75) is 39.2 Å². The average Bonchev–Trinajstić information content (AvgIpc) is 2.81. The number of hydrogen-bond donors (Lipinski definition) is 2. The zero-order valence-corrected chi connectivity index (χ0v) is 18.3. The fraction of sp³-hybridized carbons (Fsp3) is 0.400. The molecule has 2 N–H and O–H groups in total. The zero-order chi connectivity index (χ0) is 22.2. The normalized spacial score (nSPS) is 15.2. The summed E-state index contributed by atoms with van der Waals surface area (Å²) >= 11 is 0. The predicted molar refractivity (Wildman–Crippen MR) is 121 cm³/mol. The summed E-state index contributed by atoms with van der Waals surface area (Å²) in [5, 5.41) is 5.86. The van der Waals surface area contributed by atoms with Crippen LogP contribution >= 0.6 is 0 Å². The Labute approximate surface area is 184 Å². The summed E-state index contributed by atoms with van der Waals surface area (Å²) in [7, 11) is 0. The van der Waals surface area contributed by atoms with Crippen LogP contribution in [-0.2, 0) is 4.79 Å². The third kappa shape index (κ3) is 5.94. The number of rotatable bonds is 7. The lowest BCUT2D eigenvalue weighted by atomic mass is 9.88. The fourth-order valence-electron chi connectivity index (χ4n) is 3.88. The minimum absolute atomic E-state index is 0.0127. The maximum atomic E-state index is 12.8. The monoisotopic (exact) mass is 421 g/mol. The second-order valence-electron chi connectivity index (χ2n) is 8.10. The first kappa shape index (κ1) is 22.5. The van der Waals surface area contributed by atoms with Crippen molar-refractivity contribution in [3.8, 4) is 0 Å². The van der Waals surface area contributed by atoms with E-state index >= 15 is 0 Å². The molecule has 0 bridgehead atoms. The van der Waals surface area contributed by atoms with Gasteiger partial charge in [0, 0.05) is 30.8 Å². The molecule has 1 aliphatic rings. The van der Waals surface area contributed by atoms with Crippen molar-refractivity contribution in [1.29, 1.82) is 0 Å². The fourth-order valence-corrected chi connectivity index (χ4v) is 3.88. The Hall–Kier alpha value is -3.15. The number of carbonyl (C=O) groups excluding carboxylic acids is 3. The van der Waals surface area contributed by atoms with Gasteiger partial charge in [-0.1, -0.05) is 42.8 Å². The minimum atomic E-state index is -0.615. The molecule has 3 amide bonds. The number of hydrogen-bond acceptors (Lipinski definition) is 3. The van der Waals surface area contributed by atoms with E-state index in [4.69, 9.17) is 0 Å². The van der Waals surface area contributed by atoms with Crippen LogP contribution in [0, 0.1) is 12.8 Å². The Kier molecular flexibility index (Phi) is 7.82. The van der Waals surface area contributed by atoms with Crippen LogP contribution in [0.15, 0.2) is 54.6 Å². The van der Waals surface area contributed by atoms with E-state index in [1.54, 1.807) is 24.3 Å². The summed E-state index contributed by atoms with van der Waals surface area (Å²) in [4.78, 5) is 40.2. The Bertz CT molecular complexity index is 888. The van der Waals surface area contributed by atoms with Crippen molar-refractivity contribution in [2.75, 3.05) is 19.6 Å². The number of amides is 3. The van der Waals surface area contributed by atoms with Crippen LogP contribution in [0.25, 0.3) is 0 Å². The summed E-state index contributed by atoms with van der Waals surface area (Å²) < 4.78 is 0. The minimum Gasteiger partial charge on any atom is -0.354 e. The quantitative estimate of drug-likeness (QED) is 0.721. The van der Waals surface area contributed by atoms with Crippen LogP contribution < -0.4 is 10.6 Å². The summed E-state index contributed by atoms with van der Waals surface area (Å²) in [6.45, 7) is 5.69. The van der Waals surface area contributed by atoms with E-state index in [1.165, 1.54) is 0 Å². The molecule has 0 aromatic heterocycles. The second-order valence-corrected chi connectivity index (χ2v) is 8.10. The van der Waals surface area contributed by atoms with E-state index < -0.39 is 6.04 Å². The van der Waals surface area contributed by atoms with Crippen molar-refractivity contribution in [3.05, 3.63) is 71.3 Å². The highest BCUT2D eigenvalue weighted by molar-refractivity contribution is 5.97. The SMILES string of the molecule is CCCNC(=O)[C@H](NC(=O)c1ccccc1)C1CCN(C(=O)c2ccc(C)cc2)CC1. The van der Waals surface area contributed by atoms with E-state index in [9.17, 15) is 14.4 Å². The predicted octanol–water partition coefficient (Wildman–Crippen LogP) is 3.17. The highest BCUT2D eigenvalue weighted by Gasteiger charge is 2.34. The maximum absolute atomic E-state index is 12.8. The van der Waals surface area contributed by atoms with Gasteiger partial charge < -0.3 is 15.5 Å². The zero-order valence-electron chi connectivity index (χ0n) is 18.3. The first-order chi connectivity index (χ1) is 15.0. The highest BCUT2D eigenvalue weighted by Crippen LogP contribution is 2.23. The number of nitrogens with zero attached hydrogens (tertiary/aromatic N) is 1.